The molecule has 1 heterocycles. The lowest BCUT2D eigenvalue weighted by Crippen LogP contribution is -2.37. The molecule has 1 aromatic rings. The molecule has 0 unspecified atom stereocenters. The normalized spacial score (nSPS) is 16.5. The van der Waals surface area contributed by atoms with Crippen LogP contribution in [0.4, 0.5) is 10.1 Å². The molecule has 0 radical (unpaired) electrons. The average molecular weight is 374 g/mol. The van der Waals surface area contributed by atoms with Gasteiger partial charge in [-0.3, -0.25) is 0 Å². The Kier molecular flexibility index (Phi) is 5.57. The number of hydrogen-bond acceptors (Lipinski definition) is 3. The minimum absolute atomic E-state index is 0.206. The van der Waals surface area contributed by atoms with Gasteiger partial charge in [-0.05, 0) is 60.9 Å². The number of rotatable bonds is 4. The highest BCUT2D eigenvalue weighted by Crippen LogP contribution is 2.32. The SMILES string of the molecule is CN(C)CC1CCN(c2ccc(C(N)=S)c(Br)c2F)CC1. The summed E-state index contributed by atoms with van der Waals surface area (Å²) in [6.45, 7) is 2.86. The van der Waals surface area contributed by atoms with Crippen molar-refractivity contribution in [3.8, 4) is 0 Å². The summed E-state index contributed by atoms with van der Waals surface area (Å²) in [4.78, 5) is 4.53. The highest BCUT2D eigenvalue weighted by atomic mass is 79.9. The third-order valence-corrected chi connectivity index (χ3v) is 4.90. The molecule has 0 aliphatic carbocycles. The van der Waals surface area contributed by atoms with Crippen LogP contribution in [0.1, 0.15) is 18.4 Å². The number of halogens is 2. The maximum atomic E-state index is 14.5. The van der Waals surface area contributed by atoms with Gasteiger partial charge in [0.2, 0.25) is 0 Å². The molecule has 21 heavy (non-hydrogen) atoms. The first-order valence-electron chi connectivity index (χ1n) is 7.07. The number of anilines is 1. The molecule has 1 saturated heterocycles. The largest absolute Gasteiger partial charge is 0.389 e. The van der Waals surface area contributed by atoms with E-state index in [9.17, 15) is 4.39 Å². The molecule has 0 aromatic heterocycles. The van der Waals surface area contributed by atoms with E-state index in [4.69, 9.17) is 18.0 Å². The van der Waals surface area contributed by atoms with Crippen LogP contribution >= 0.6 is 28.1 Å². The second kappa shape index (κ2) is 7.03. The molecule has 0 amide bonds. The topological polar surface area (TPSA) is 32.5 Å². The fourth-order valence-corrected chi connectivity index (χ4v) is 3.70. The summed E-state index contributed by atoms with van der Waals surface area (Å²) >= 11 is 8.19. The van der Waals surface area contributed by atoms with E-state index in [0.717, 1.165) is 32.5 Å². The van der Waals surface area contributed by atoms with Crippen molar-refractivity contribution in [2.45, 2.75) is 12.8 Å². The number of hydrogen-bond donors (Lipinski definition) is 1. The second-order valence-corrected chi connectivity index (χ2v) is 7.05. The number of piperidine rings is 1. The fraction of sp³-hybridized carbons (Fsp3) is 0.533. The smallest absolute Gasteiger partial charge is 0.161 e. The first kappa shape index (κ1) is 16.6. The highest BCUT2D eigenvalue weighted by molar-refractivity contribution is 9.10. The van der Waals surface area contributed by atoms with Crippen molar-refractivity contribution in [1.82, 2.24) is 4.90 Å². The maximum absolute atomic E-state index is 14.5. The Morgan fingerprint density at radius 1 is 1.43 bits per heavy atom. The Balaban J connectivity index is 2.10. The molecule has 0 spiro atoms. The van der Waals surface area contributed by atoms with Crippen molar-refractivity contribution < 1.29 is 4.39 Å². The van der Waals surface area contributed by atoms with Crippen LogP contribution in [-0.2, 0) is 0 Å². The van der Waals surface area contributed by atoms with Gasteiger partial charge in [-0.15, -0.1) is 0 Å². The van der Waals surface area contributed by atoms with Crippen LogP contribution in [0, 0.1) is 11.7 Å². The summed E-state index contributed by atoms with van der Waals surface area (Å²) < 4.78 is 14.9. The molecule has 116 valence electrons. The fourth-order valence-electron chi connectivity index (χ4n) is 2.85. The van der Waals surface area contributed by atoms with Gasteiger partial charge in [-0.25, -0.2) is 4.39 Å². The van der Waals surface area contributed by atoms with Crippen molar-refractivity contribution in [2.75, 3.05) is 38.6 Å². The monoisotopic (exact) mass is 373 g/mol. The van der Waals surface area contributed by atoms with Gasteiger partial charge in [0.15, 0.2) is 5.82 Å². The summed E-state index contributed by atoms with van der Waals surface area (Å²) in [6.07, 6.45) is 2.18. The number of thiocarbonyl (C=S) groups is 1. The van der Waals surface area contributed by atoms with Gasteiger partial charge in [0.05, 0.1) is 10.2 Å². The Morgan fingerprint density at radius 2 is 2.05 bits per heavy atom. The van der Waals surface area contributed by atoms with E-state index in [2.05, 4.69) is 39.8 Å². The lowest BCUT2D eigenvalue weighted by atomic mass is 9.96. The van der Waals surface area contributed by atoms with Crippen LogP contribution in [0.2, 0.25) is 0 Å². The molecule has 0 bridgehead atoms. The van der Waals surface area contributed by atoms with Crippen molar-refractivity contribution >= 4 is 38.8 Å². The van der Waals surface area contributed by atoms with Crippen molar-refractivity contribution in [3.05, 3.63) is 28.0 Å². The minimum atomic E-state index is -0.272. The van der Waals surface area contributed by atoms with Gasteiger partial charge >= 0.3 is 0 Å². The van der Waals surface area contributed by atoms with Crippen LogP contribution < -0.4 is 10.6 Å². The van der Waals surface area contributed by atoms with Crippen LogP contribution in [0.15, 0.2) is 16.6 Å². The molecule has 2 rings (SSSR count). The summed E-state index contributed by atoms with van der Waals surface area (Å²) in [6, 6.07) is 3.57. The summed E-state index contributed by atoms with van der Waals surface area (Å²) in [7, 11) is 4.19. The third-order valence-electron chi connectivity index (χ3n) is 3.91. The van der Waals surface area contributed by atoms with Gasteiger partial charge in [0, 0.05) is 25.2 Å². The Bertz CT molecular complexity index is 528. The zero-order chi connectivity index (χ0) is 15.6. The minimum Gasteiger partial charge on any atom is -0.389 e. The van der Waals surface area contributed by atoms with E-state index in [-0.39, 0.29) is 10.8 Å². The molecular weight excluding hydrogens is 353 g/mol. The van der Waals surface area contributed by atoms with E-state index in [0.29, 0.717) is 21.6 Å². The van der Waals surface area contributed by atoms with Crippen LogP contribution in [0.5, 0.6) is 0 Å². The van der Waals surface area contributed by atoms with Crippen molar-refractivity contribution in [3.63, 3.8) is 0 Å². The van der Waals surface area contributed by atoms with E-state index in [1.807, 2.05) is 0 Å². The van der Waals surface area contributed by atoms with Crippen LogP contribution in [0.3, 0.4) is 0 Å². The summed E-state index contributed by atoms with van der Waals surface area (Å²) in [5.74, 6) is 0.421. The number of nitrogens with two attached hydrogens (primary N) is 1. The Labute approximate surface area is 139 Å². The molecule has 1 aromatic carbocycles. The summed E-state index contributed by atoms with van der Waals surface area (Å²) in [5.41, 5.74) is 6.77. The number of nitrogens with zero attached hydrogens (tertiary/aromatic N) is 2. The van der Waals surface area contributed by atoms with Gasteiger partial charge in [-0.1, -0.05) is 12.2 Å². The maximum Gasteiger partial charge on any atom is 0.161 e. The molecule has 1 fully saturated rings. The predicted octanol–water partition coefficient (Wildman–Crippen LogP) is 3.00. The van der Waals surface area contributed by atoms with E-state index in [1.54, 1.807) is 12.1 Å². The molecule has 2 N–H and O–H groups in total. The molecular formula is C15H21BrFN3S. The van der Waals surface area contributed by atoms with E-state index < -0.39 is 0 Å². The first-order valence-corrected chi connectivity index (χ1v) is 8.27. The van der Waals surface area contributed by atoms with Crippen LogP contribution in [-0.4, -0.2) is 43.6 Å². The quantitative estimate of drug-likeness (QED) is 0.822. The van der Waals surface area contributed by atoms with Crippen molar-refractivity contribution in [1.29, 1.82) is 0 Å². The molecule has 0 saturated carbocycles. The van der Waals surface area contributed by atoms with E-state index in [1.165, 1.54) is 0 Å². The Morgan fingerprint density at radius 3 is 2.57 bits per heavy atom. The van der Waals surface area contributed by atoms with E-state index >= 15 is 0 Å². The van der Waals surface area contributed by atoms with Gasteiger partial charge in [0.25, 0.3) is 0 Å². The molecule has 0 atom stereocenters. The standard InChI is InChI=1S/C15H21BrFN3S/c1-19(2)9-10-5-7-20(8-6-10)12-4-3-11(15(18)21)13(16)14(12)17/h3-4,10H,5-9H2,1-2H3,(H2,18,21). The summed E-state index contributed by atoms with van der Waals surface area (Å²) in [5, 5.41) is 0. The zero-order valence-electron chi connectivity index (χ0n) is 12.4. The molecule has 1 aliphatic rings. The van der Waals surface area contributed by atoms with Crippen LogP contribution in [0.25, 0.3) is 0 Å². The first-order chi connectivity index (χ1) is 9.90. The number of benzene rings is 1. The highest BCUT2D eigenvalue weighted by Gasteiger charge is 2.23. The lowest BCUT2D eigenvalue weighted by Gasteiger charge is -2.35. The van der Waals surface area contributed by atoms with Gasteiger partial charge in [-0.2, -0.15) is 0 Å². The molecule has 6 heteroatoms. The molecule has 1 aliphatic heterocycles. The Hall–Kier alpha value is -0.720. The van der Waals surface area contributed by atoms with Gasteiger partial charge < -0.3 is 15.5 Å². The third kappa shape index (κ3) is 3.93. The average Bonchev–Trinajstić information content (AvgIpc) is 2.42. The van der Waals surface area contributed by atoms with Gasteiger partial charge in [0.1, 0.15) is 4.99 Å². The van der Waals surface area contributed by atoms with Crippen molar-refractivity contribution in [2.24, 2.45) is 11.7 Å². The molecule has 3 nitrogen and oxygen atoms in total. The zero-order valence-corrected chi connectivity index (χ0v) is 14.8. The lowest BCUT2D eigenvalue weighted by molar-refractivity contribution is 0.284. The predicted molar refractivity (Wildman–Crippen MR) is 93.5 cm³/mol. The second-order valence-electron chi connectivity index (χ2n) is 5.82.